The van der Waals surface area contributed by atoms with Crippen molar-refractivity contribution < 1.29 is 23.8 Å². The van der Waals surface area contributed by atoms with Crippen LogP contribution in [0.3, 0.4) is 0 Å². The van der Waals surface area contributed by atoms with Gasteiger partial charge in [-0.1, -0.05) is 0 Å². The lowest BCUT2D eigenvalue weighted by Crippen LogP contribution is -2.32. The molecule has 0 bridgehead atoms. The van der Waals surface area contributed by atoms with E-state index in [-0.39, 0.29) is 17.4 Å². The van der Waals surface area contributed by atoms with Crippen LogP contribution in [-0.4, -0.2) is 47.4 Å². The molecule has 2 aromatic heterocycles. The Labute approximate surface area is 185 Å². The number of hydrogen-bond acceptors (Lipinski definition) is 7. The molecule has 1 aliphatic rings. The molecule has 1 saturated heterocycles. The third kappa shape index (κ3) is 5.15. The van der Waals surface area contributed by atoms with Crippen LogP contribution in [0.1, 0.15) is 77.6 Å². The van der Waals surface area contributed by atoms with Crippen LogP contribution in [0.15, 0.2) is 6.20 Å². The Morgan fingerprint density at radius 3 is 2.58 bits per heavy atom. The summed E-state index contributed by atoms with van der Waals surface area (Å²) in [5.41, 5.74) is 6.39. The second kappa shape index (κ2) is 8.70. The van der Waals surface area contributed by atoms with Crippen molar-refractivity contribution in [3.8, 4) is 0 Å². The molecular weight excluding hydrogens is 420 g/mol. The fraction of sp³-hybridized carbons (Fsp3) is 0.571. The van der Waals surface area contributed by atoms with Gasteiger partial charge in [0.15, 0.2) is 0 Å². The van der Waals surface area contributed by atoms with Crippen molar-refractivity contribution in [1.82, 2.24) is 10.2 Å². The molecule has 1 unspecified atom stereocenters. The van der Waals surface area contributed by atoms with Crippen molar-refractivity contribution in [3.63, 3.8) is 0 Å². The average Bonchev–Trinajstić information content (AvgIpc) is 3.25. The van der Waals surface area contributed by atoms with E-state index in [9.17, 15) is 9.59 Å². The molecule has 1 aliphatic heterocycles. The van der Waals surface area contributed by atoms with Crippen molar-refractivity contribution in [3.05, 3.63) is 33.5 Å². The molecule has 9 nitrogen and oxygen atoms in total. The van der Waals surface area contributed by atoms with Crippen LogP contribution in [0.4, 0.5) is 5.00 Å². The van der Waals surface area contributed by atoms with Gasteiger partial charge >= 0.3 is 0 Å². The predicted octanol–water partition coefficient (Wildman–Crippen LogP) is 3.27. The van der Waals surface area contributed by atoms with Crippen LogP contribution in [0, 0.1) is 6.92 Å². The Bertz CT molecular complexity index is 967. The summed E-state index contributed by atoms with van der Waals surface area (Å²) >= 11 is 1.28. The molecule has 3 heterocycles. The molecule has 10 heteroatoms. The SMILES string of the molecule is Cc1c(C(C)(C)OC(C)(C)C)sc(NC(=O)c2[nH]ncc2C2COCCO2)c1C(N)=O. The van der Waals surface area contributed by atoms with Gasteiger partial charge in [0, 0.05) is 10.4 Å². The summed E-state index contributed by atoms with van der Waals surface area (Å²) in [5, 5.41) is 9.91. The predicted molar refractivity (Wildman–Crippen MR) is 117 cm³/mol. The minimum atomic E-state index is -0.688. The summed E-state index contributed by atoms with van der Waals surface area (Å²) < 4.78 is 17.3. The fourth-order valence-electron chi connectivity index (χ4n) is 3.84. The van der Waals surface area contributed by atoms with E-state index in [1.165, 1.54) is 11.3 Å². The van der Waals surface area contributed by atoms with Crippen LogP contribution in [-0.2, 0) is 19.8 Å². The molecule has 31 heavy (non-hydrogen) atoms. The molecule has 4 N–H and O–H groups in total. The Balaban J connectivity index is 1.92. The van der Waals surface area contributed by atoms with E-state index in [4.69, 9.17) is 19.9 Å². The minimum Gasteiger partial charge on any atom is -0.376 e. The van der Waals surface area contributed by atoms with Gasteiger partial charge in [0.05, 0.1) is 42.8 Å². The first-order chi connectivity index (χ1) is 14.4. The number of nitrogens with two attached hydrogens (primary N) is 1. The van der Waals surface area contributed by atoms with Crippen LogP contribution < -0.4 is 11.1 Å². The monoisotopic (exact) mass is 450 g/mol. The Hall–Kier alpha value is -2.27. The van der Waals surface area contributed by atoms with Gasteiger partial charge in [0.1, 0.15) is 16.8 Å². The van der Waals surface area contributed by atoms with Crippen molar-refractivity contribution in [2.24, 2.45) is 5.73 Å². The summed E-state index contributed by atoms with van der Waals surface area (Å²) in [5.74, 6) is -1.05. The lowest BCUT2D eigenvalue weighted by Gasteiger charge is -2.33. The van der Waals surface area contributed by atoms with E-state index in [2.05, 4.69) is 15.5 Å². The number of hydrogen-bond donors (Lipinski definition) is 3. The van der Waals surface area contributed by atoms with E-state index in [0.29, 0.717) is 35.9 Å². The number of thiophene rings is 1. The summed E-state index contributed by atoms with van der Waals surface area (Å²) in [6.07, 6.45) is 1.16. The highest BCUT2D eigenvalue weighted by molar-refractivity contribution is 7.17. The zero-order valence-electron chi connectivity index (χ0n) is 18.8. The Morgan fingerprint density at radius 2 is 2.00 bits per heavy atom. The first kappa shape index (κ1) is 23.4. The number of carbonyl (C=O) groups excluding carboxylic acids is 2. The number of nitrogens with one attached hydrogen (secondary N) is 2. The third-order valence-electron chi connectivity index (χ3n) is 4.79. The number of rotatable bonds is 6. The largest absolute Gasteiger partial charge is 0.376 e. The number of aromatic amines is 1. The highest BCUT2D eigenvalue weighted by atomic mass is 32.1. The maximum atomic E-state index is 13.1. The standard InChI is InChI=1S/C21H30N4O5S/c1-11-14(17(22)26)19(31-16(11)21(5,6)30-20(2,3)4)24-18(27)15-12(9-23-25-15)13-10-28-7-8-29-13/h9,13H,7-8,10H2,1-6H3,(H2,22,26)(H,23,25)(H,24,27). The van der Waals surface area contributed by atoms with Gasteiger partial charge in [-0.25, -0.2) is 0 Å². The highest BCUT2D eigenvalue weighted by Crippen LogP contribution is 2.42. The highest BCUT2D eigenvalue weighted by Gasteiger charge is 2.34. The fourth-order valence-corrected chi connectivity index (χ4v) is 5.09. The normalized spacial score (nSPS) is 17.5. The maximum Gasteiger partial charge on any atom is 0.274 e. The maximum absolute atomic E-state index is 13.1. The number of nitrogens with zero attached hydrogens (tertiary/aromatic N) is 1. The van der Waals surface area contributed by atoms with Gasteiger partial charge in [-0.3, -0.25) is 14.7 Å². The summed E-state index contributed by atoms with van der Waals surface area (Å²) in [4.78, 5) is 26.1. The minimum absolute atomic E-state index is 0.253. The van der Waals surface area contributed by atoms with Crippen LogP contribution >= 0.6 is 11.3 Å². The molecular formula is C21H30N4O5S. The van der Waals surface area contributed by atoms with E-state index in [1.807, 2.05) is 41.5 Å². The number of ether oxygens (including phenoxy) is 3. The Kier molecular flexibility index (Phi) is 6.56. The zero-order chi connectivity index (χ0) is 23.0. The number of anilines is 1. The van der Waals surface area contributed by atoms with Crippen molar-refractivity contribution in [2.75, 3.05) is 25.1 Å². The Morgan fingerprint density at radius 1 is 1.29 bits per heavy atom. The van der Waals surface area contributed by atoms with Crippen LogP contribution in [0.25, 0.3) is 0 Å². The molecule has 1 fully saturated rings. The van der Waals surface area contributed by atoms with Gasteiger partial charge in [-0.15, -0.1) is 11.3 Å². The first-order valence-electron chi connectivity index (χ1n) is 10.1. The summed E-state index contributed by atoms with van der Waals surface area (Å²) in [6, 6.07) is 0. The van der Waals surface area contributed by atoms with Gasteiger partial charge in [-0.05, 0) is 47.1 Å². The zero-order valence-corrected chi connectivity index (χ0v) is 19.6. The molecule has 0 aromatic carbocycles. The van der Waals surface area contributed by atoms with Gasteiger partial charge in [-0.2, -0.15) is 5.10 Å². The number of aromatic nitrogens is 2. The second-order valence-corrected chi connectivity index (χ2v) is 9.96. The van der Waals surface area contributed by atoms with E-state index in [1.54, 1.807) is 6.20 Å². The summed E-state index contributed by atoms with van der Waals surface area (Å²) in [7, 11) is 0. The molecule has 0 aliphatic carbocycles. The second-order valence-electron chi connectivity index (χ2n) is 8.94. The lowest BCUT2D eigenvalue weighted by atomic mass is 9.99. The topological polar surface area (TPSA) is 129 Å². The number of carbonyl (C=O) groups is 2. The molecule has 2 aromatic rings. The van der Waals surface area contributed by atoms with E-state index in [0.717, 1.165) is 4.88 Å². The molecule has 170 valence electrons. The average molecular weight is 451 g/mol. The lowest BCUT2D eigenvalue weighted by molar-refractivity contribution is -0.115. The first-order valence-corrected chi connectivity index (χ1v) is 10.9. The van der Waals surface area contributed by atoms with Crippen molar-refractivity contribution >= 4 is 28.2 Å². The van der Waals surface area contributed by atoms with Crippen molar-refractivity contribution in [2.45, 2.75) is 58.8 Å². The van der Waals surface area contributed by atoms with E-state index >= 15 is 0 Å². The van der Waals surface area contributed by atoms with Gasteiger partial charge in [0.2, 0.25) is 0 Å². The summed E-state index contributed by atoms with van der Waals surface area (Å²) in [6.45, 7) is 12.9. The molecule has 0 saturated carbocycles. The number of primary amides is 1. The molecule has 3 rings (SSSR count). The number of H-pyrrole nitrogens is 1. The third-order valence-corrected chi connectivity index (χ3v) is 6.30. The molecule has 0 spiro atoms. The molecule has 2 amide bonds. The van der Waals surface area contributed by atoms with Gasteiger partial charge < -0.3 is 25.3 Å². The molecule has 0 radical (unpaired) electrons. The molecule has 1 atom stereocenters. The quantitative estimate of drug-likeness (QED) is 0.620. The van der Waals surface area contributed by atoms with Crippen LogP contribution in [0.5, 0.6) is 0 Å². The van der Waals surface area contributed by atoms with Crippen molar-refractivity contribution in [1.29, 1.82) is 0 Å². The number of amides is 2. The van der Waals surface area contributed by atoms with Crippen LogP contribution in [0.2, 0.25) is 0 Å². The van der Waals surface area contributed by atoms with E-state index < -0.39 is 23.0 Å². The smallest absolute Gasteiger partial charge is 0.274 e. The van der Waals surface area contributed by atoms with Gasteiger partial charge in [0.25, 0.3) is 11.8 Å².